The fraction of sp³-hybridized carbons (Fsp3) is 0.174. The summed E-state index contributed by atoms with van der Waals surface area (Å²) in [6, 6.07) is 23.3. The van der Waals surface area contributed by atoms with Gasteiger partial charge in [0.1, 0.15) is 0 Å². The Morgan fingerprint density at radius 2 is 1.66 bits per heavy atom. The molecule has 4 rings (SSSR count). The maximum Gasteiger partial charge on any atom is 0.246 e. The number of nitrogens with one attached hydrogen (secondary N) is 1. The van der Waals surface area contributed by atoms with Crippen molar-refractivity contribution in [1.82, 2.24) is 20.0 Å². The molecule has 0 atom stereocenters. The highest BCUT2D eigenvalue weighted by atomic mass is 16.5. The second kappa shape index (κ2) is 8.56. The van der Waals surface area contributed by atoms with E-state index in [4.69, 9.17) is 4.52 Å². The molecule has 2 heterocycles. The molecule has 0 spiro atoms. The van der Waals surface area contributed by atoms with Crippen LogP contribution in [0.15, 0.2) is 83.5 Å². The molecule has 0 aliphatic rings. The smallest absolute Gasteiger partial charge is 0.246 e. The Hall–Kier alpha value is -3.67. The van der Waals surface area contributed by atoms with E-state index in [0.717, 1.165) is 23.4 Å². The van der Waals surface area contributed by atoms with Gasteiger partial charge in [0, 0.05) is 12.7 Å². The molecule has 0 saturated carbocycles. The number of nitrogens with zero attached hydrogens (tertiary/aromatic N) is 3. The summed E-state index contributed by atoms with van der Waals surface area (Å²) in [7, 11) is 0. The van der Waals surface area contributed by atoms with Gasteiger partial charge >= 0.3 is 0 Å². The third kappa shape index (κ3) is 4.11. The molecule has 4 aromatic rings. The topological polar surface area (TPSA) is 73.0 Å². The van der Waals surface area contributed by atoms with Gasteiger partial charge in [0.25, 0.3) is 0 Å². The first-order valence-electron chi connectivity index (χ1n) is 9.62. The molecule has 0 unspecified atom stereocenters. The second-order valence-electron chi connectivity index (χ2n) is 6.66. The average Bonchev–Trinajstić information content (AvgIpc) is 3.43. The summed E-state index contributed by atoms with van der Waals surface area (Å²) in [4.78, 5) is 17.5. The number of benzene rings is 2. The fourth-order valence-corrected chi connectivity index (χ4v) is 3.37. The first kappa shape index (κ1) is 18.7. The molecule has 1 amide bonds. The highest BCUT2D eigenvalue weighted by molar-refractivity contribution is 5.87. The Bertz CT molecular complexity index is 1030. The first-order valence-corrected chi connectivity index (χ1v) is 9.62. The van der Waals surface area contributed by atoms with E-state index in [0.29, 0.717) is 11.7 Å². The van der Waals surface area contributed by atoms with Crippen LogP contribution in [0.3, 0.4) is 0 Å². The Labute approximate surface area is 169 Å². The summed E-state index contributed by atoms with van der Waals surface area (Å²) in [5, 5.41) is 6.99. The van der Waals surface area contributed by atoms with E-state index in [1.807, 2.05) is 83.6 Å². The molecule has 0 aliphatic carbocycles. The maximum absolute atomic E-state index is 13.0. The lowest BCUT2D eigenvalue weighted by molar-refractivity contribution is -0.122. The molecule has 6 nitrogen and oxygen atoms in total. The summed E-state index contributed by atoms with van der Waals surface area (Å²) in [6.07, 6.45) is 1.97. The van der Waals surface area contributed by atoms with E-state index >= 15 is 0 Å². The van der Waals surface area contributed by atoms with Gasteiger partial charge < -0.3 is 14.4 Å². The van der Waals surface area contributed by atoms with E-state index in [9.17, 15) is 4.79 Å². The Kier molecular flexibility index (Phi) is 5.52. The fourth-order valence-electron chi connectivity index (χ4n) is 3.37. The molecule has 2 aromatic heterocycles. The summed E-state index contributed by atoms with van der Waals surface area (Å²) in [5.74, 6) is 0.372. The van der Waals surface area contributed by atoms with Crippen molar-refractivity contribution in [3.8, 4) is 11.5 Å². The van der Waals surface area contributed by atoms with Crippen LogP contribution in [-0.4, -0.2) is 20.6 Å². The van der Waals surface area contributed by atoms with Crippen molar-refractivity contribution in [2.45, 2.75) is 25.9 Å². The van der Waals surface area contributed by atoms with Crippen LogP contribution in [0, 0.1) is 0 Å². The summed E-state index contributed by atoms with van der Waals surface area (Å²) >= 11 is 0. The Morgan fingerprint density at radius 1 is 1.00 bits per heavy atom. The number of carbonyl (C=O) groups excluding carboxylic acids is 1. The van der Waals surface area contributed by atoms with Crippen molar-refractivity contribution in [2.24, 2.45) is 0 Å². The predicted molar refractivity (Wildman–Crippen MR) is 110 cm³/mol. The van der Waals surface area contributed by atoms with E-state index in [1.165, 1.54) is 0 Å². The van der Waals surface area contributed by atoms with Crippen LogP contribution in [0.2, 0.25) is 0 Å². The number of aryl methyl sites for hydroxylation is 1. The molecule has 0 bridgehead atoms. The lowest BCUT2D eigenvalue weighted by Crippen LogP contribution is -2.29. The number of hydrogen-bond donors (Lipinski definition) is 1. The molecular weight excluding hydrogens is 364 g/mol. The van der Waals surface area contributed by atoms with E-state index in [-0.39, 0.29) is 12.5 Å². The van der Waals surface area contributed by atoms with Crippen LogP contribution >= 0.6 is 0 Å². The number of hydrogen-bond acceptors (Lipinski definition) is 4. The molecule has 0 aliphatic heterocycles. The zero-order valence-corrected chi connectivity index (χ0v) is 16.2. The van der Waals surface area contributed by atoms with Crippen molar-refractivity contribution in [3.63, 3.8) is 0 Å². The number of carbonyl (C=O) groups is 1. The SMILES string of the molecule is CCn1cccc1-c1noc(CNC(=O)C(c2ccccc2)c2ccccc2)n1. The van der Waals surface area contributed by atoms with E-state index < -0.39 is 5.92 Å². The number of aromatic nitrogens is 3. The van der Waals surface area contributed by atoms with Crippen LogP contribution in [0.1, 0.15) is 29.9 Å². The lowest BCUT2D eigenvalue weighted by Gasteiger charge is -2.17. The van der Waals surface area contributed by atoms with Gasteiger partial charge in [0.2, 0.25) is 17.6 Å². The summed E-state index contributed by atoms with van der Waals surface area (Å²) < 4.78 is 7.38. The van der Waals surface area contributed by atoms with Gasteiger partial charge in [-0.1, -0.05) is 65.8 Å². The standard InChI is InChI=1S/C23H22N4O2/c1-2-27-15-9-14-19(27)22-25-20(29-26-22)16-24-23(28)21(17-10-5-3-6-11-17)18-12-7-4-8-13-18/h3-15,21H,2,16H2,1H3,(H,24,28). The first-order chi connectivity index (χ1) is 14.3. The van der Waals surface area contributed by atoms with Crippen LogP contribution in [0.25, 0.3) is 11.5 Å². The Balaban J connectivity index is 1.50. The van der Waals surface area contributed by atoms with Crippen LogP contribution in [0.4, 0.5) is 0 Å². The molecule has 0 fully saturated rings. The quantitative estimate of drug-likeness (QED) is 0.521. The normalized spacial score (nSPS) is 11.0. The third-order valence-corrected chi connectivity index (χ3v) is 4.81. The van der Waals surface area contributed by atoms with E-state index in [2.05, 4.69) is 22.4 Å². The molecule has 0 saturated heterocycles. The van der Waals surface area contributed by atoms with Gasteiger partial charge in [-0.15, -0.1) is 0 Å². The molecular formula is C23H22N4O2. The number of rotatable bonds is 7. The van der Waals surface area contributed by atoms with Crippen molar-refractivity contribution in [3.05, 3.63) is 96.0 Å². The molecule has 2 aromatic carbocycles. The largest absolute Gasteiger partial charge is 0.346 e. The molecule has 1 N–H and O–H groups in total. The lowest BCUT2D eigenvalue weighted by atomic mass is 9.90. The van der Waals surface area contributed by atoms with Crippen molar-refractivity contribution < 1.29 is 9.32 Å². The van der Waals surface area contributed by atoms with Crippen molar-refractivity contribution >= 4 is 5.91 Å². The zero-order chi connectivity index (χ0) is 20.1. The number of amides is 1. The van der Waals surface area contributed by atoms with Gasteiger partial charge in [0.05, 0.1) is 18.2 Å². The van der Waals surface area contributed by atoms with Gasteiger partial charge in [-0.2, -0.15) is 4.98 Å². The third-order valence-electron chi connectivity index (χ3n) is 4.81. The van der Waals surface area contributed by atoms with Crippen LogP contribution in [-0.2, 0) is 17.9 Å². The minimum atomic E-state index is -0.405. The van der Waals surface area contributed by atoms with Crippen molar-refractivity contribution in [2.75, 3.05) is 0 Å². The van der Waals surface area contributed by atoms with Gasteiger partial charge in [-0.3, -0.25) is 4.79 Å². The van der Waals surface area contributed by atoms with Gasteiger partial charge in [-0.05, 0) is 30.2 Å². The van der Waals surface area contributed by atoms with Crippen LogP contribution in [0.5, 0.6) is 0 Å². The maximum atomic E-state index is 13.0. The minimum absolute atomic E-state index is 0.112. The Morgan fingerprint density at radius 3 is 2.28 bits per heavy atom. The van der Waals surface area contributed by atoms with Crippen LogP contribution < -0.4 is 5.32 Å². The van der Waals surface area contributed by atoms with Gasteiger partial charge in [0.15, 0.2) is 0 Å². The zero-order valence-electron chi connectivity index (χ0n) is 16.2. The highest BCUT2D eigenvalue weighted by Crippen LogP contribution is 2.25. The van der Waals surface area contributed by atoms with Crippen molar-refractivity contribution in [1.29, 1.82) is 0 Å². The molecule has 0 radical (unpaired) electrons. The predicted octanol–water partition coefficient (Wildman–Crippen LogP) is 4.01. The summed E-state index contributed by atoms with van der Waals surface area (Å²) in [6.45, 7) is 3.05. The van der Waals surface area contributed by atoms with E-state index in [1.54, 1.807) is 0 Å². The van der Waals surface area contributed by atoms with Gasteiger partial charge in [-0.25, -0.2) is 0 Å². The minimum Gasteiger partial charge on any atom is -0.346 e. The molecule has 6 heteroatoms. The monoisotopic (exact) mass is 386 g/mol. The second-order valence-corrected chi connectivity index (χ2v) is 6.66. The molecule has 29 heavy (non-hydrogen) atoms. The molecule has 146 valence electrons. The average molecular weight is 386 g/mol. The summed E-state index contributed by atoms with van der Waals surface area (Å²) in [5.41, 5.74) is 2.76. The highest BCUT2D eigenvalue weighted by Gasteiger charge is 2.23.